The molecule has 2 aromatic heterocycles. The summed E-state index contributed by atoms with van der Waals surface area (Å²) in [6, 6.07) is 13.4. The van der Waals surface area contributed by atoms with E-state index in [-0.39, 0.29) is 0 Å². The molecule has 1 saturated heterocycles. The van der Waals surface area contributed by atoms with E-state index >= 15 is 0 Å². The largest absolute Gasteiger partial charge is 0.381 e. The third-order valence-corrected chi connectivity index (χ3v) is 5.65. The molecule has 2 N–H and O–H groups in total. The zero-order valence-electron chi connectivity index (χ0n) is 17.9. The number of aryl methyl sites for hydroxylation is 2. The second kappa shape index (κ2) is 9.80. The van der Waals surface area contributed by atoms with Gasteiger partial charge < -0.3 is 19.9 Å². The first-order valence-corrected chi connectivity index (χ1v) is 10.8. The molecule has 0 radical (unpaired) electrons. The van der Waals surface area contributed by atoms with Gasteiger partial charge in [-0.05, 0) is 62.4 Å². The molecule has 0 spiro atoms. The number of benzene rings is 1. The highest BCUT2D eigenvalue weighted by Crippen LogP contribution is 2.24. The minimum atomic E-state index is 0.546. The Kier molecular flexibility index (Phi) is 6.68. The third-order valence-electron chi connectivity index (χ3n) is 5.65. The van der Waals surface area contributed by atoms with Crippen molar-refractivity contribution < 1.29 is 4.74 Å². The summed E-state index contributed by atoms with van der Waals surface area (Å²) in [4.78, 5) is 4.22. The molecule has 4 rings (SSSR count). The van der Waals surface area contributed by atoms with Crippen LogP contribution in [0.15, 0.2) is 42.6 Å². The monoisotopic (exact) mass is 402 g/mol. The fourth-order valence-electron chi connectivity index (χ4n) is 4.04. The zero-order chi connectivity index (χ0) is 20.8. The maximum Gasteiger partial charge on any atom is 0.0931 e. The van der Waals surface area contributed by atoms with Crippen molar-refractivity contribution in [1.29, 1.82) is 0 Å². The van der Waals surface area contributed by atoms with E-state index in [0.29, 0.717) is 12.6 Å². The van der Waals surface area contributed by atoms with Crippen LogP contribution in [0.2, 0.25) is 0 Å². The maximum absolute atomic E-state index is 5.47. The molecule has 0 atom stereocenters. The van der Waals surface area contributed by atoms with E-state index in [1.807, 2.05) is 25.3 Å². The number of nitrogens with one attached hydrogen (secondary N) is 2. The number of ether oxygens (including phenoxy) is 1. The lowest BCUT2D eigenvalue weighted by Gasteiger charge is -2.23. The first-order valence-electron chi connectivity index (χ1n) is 10.8. The first-order chi connectivity index (χ1) is 14.7. The Morgan fingerprint density at radius 2 is 2.07 bits per heavy atom. The lowest BCUT2D eigenvalue weighted by atomic mass is 10.1. The Bertz CT molecular complexity index is 1050. The second-order valence-corrected chi connectivity index (χ2v) is 7.73. The number of rotatable bonds is 6. The smallest absolute Gasteiger partial charge is 0.0931 e. The molecule has 5 nitrogen and oxygen atoms in total. The summed E-state index contributed by atoms with van der Waals surface area (Å²) in [5.74, 6) is 6.65. The van der Waals surface area contributed by atoms with Crippen molar-refractivity contribution in [2.75, 3.05) is 25.1 Å². The number of pyridine rings is 1. The quantitative estimate of drug-likeness (QED) is 0.610. The highest BCUT2D eigenvalue weighted by atomic mass is 16.5. The molecular formula is C25H30N4O. The summed E-state index contributed by atoms with van der Waals surface area (Å²) in [6.45, 7) is 8.28. The van der Waals surface area contributed by atoms with Gasteiger partial charge in [-0.3, -0.25) is 4.98 Å². The predicted octanol–water partition coefficient (Wildman–Crippen LogP) is 4.10. The van der Waals surface area contributed by atoms with Gasteiger partial charge in [0.2, 0.25) is 0 Å². The lowest BCUT2D eigenvalue weighted by Crippen LogP contribution is -2.34. The molecule has 1 fully saturated rings. The van der Waals surface area contributed by atoms with Gasteiger partial charge in [-0.15, -0.1) is 0 Å². The van der Waals surface area contributed by atoms with Gasteiger partial charge in [-0.1, -0.05) is 18.1 Å². The molecule has 1 aliphatic rings. The molecule has 1 aliphatic heterocycles. The van der Waals surface area contributed by atoms with E-state index in [1.54, 1.807) is 0 Å². The standard InChI is InChI=1S/C25H30N4O/c1-3-29-23(7-5-12-27-22-9-13-26-19(2)16-22)17-24-20(6-4-8-25(24)29)18-28-21-10-14-30-15-11-21/h4,6,8-9,13,16-17,21,28H,3,10-12,14-15,18H2,1-2H3,(H,26,27). The summed E-state index contributed by atoms with van der Waals surface area (Å²) in [5, 5.41) is 8.36. The predicted molar refractivity (Wildman–Crippen MR) is 123 cm³/mol. The van der Waals surface area contributed by atoms with Crippen LogP contribution >= 0.6 is 0 Å². The van der Waals surface area contributed by atoms with Crippen molar-refractivity contribution in [1.82, 2.24) is 14.9 Å². The Morgan fingerprint density at radius 1 is 1.20 bits per heavy atom. The molecule has 30 heavy (non-hydrogen) atoms. The number of aromatic nitrogens is 2. The van der Waals surface area contributed by atoms with E-state index in [9.17, 15) is 0 Å². The molecule has 0 bridgehead atoms. The molecule has 5 heteroatoms. The van der Waals surface area contributed by atoms with Crippen molar-refractivity contribution in [3.05, 3.63) is 59.5 Å². The summed E-state index contributed by atoms with van der Waals surface area (Å²) in [6.07, 6.45) is 4.00. The summed E-state index contributed by atoms with van der Waals surface area (Å²) in [5.41, 5.74) is 5.71. The number of nitrogens with zero attached hydrogens (tertiary/aromatic N) is 2. The minimum absolute atomic E-state index is 0.546. The van der Waals surface area contributed by atoms with Gasteiger partial charge in [0.05, 0.1) is 12.2 Å². The molecule has 0 aliphatic carbocycles. The number of fused-ring (bicyclic) bond motifs is 1. The minimum Gasteiger partial charge on any atom is -0.381 e. The summed E-state index contributed by atoms with van der Waals surface area (Å²) in [7, 11) is 0. The van der Waals surface area contributed by atoms with E-state index < -0.39 is 0 Å². The first kappa shape index (κ1) is 20.5. The molecule has 1 aromatic carbocycles. The molecule has 0 unspecified atom stereocenters. The van der Waals surface area contributed by atoms with Gasteiger partial charge in [0, 0.05) is 60.8 Å². The van der Waals surface area contributed by atoms with Gasteiger partial charge >= 0.3 is 0 Å². The Morgan fingerprint density at radius 3 is 2.87 bits per heavy atom. The van der Waals surface area contributed by atoms with Crippen LogP contribution in [0, 0.1) is 18.8 Å². The topological polar surface area (TPSA) is 51.1 Å². The summed E-state index contributed by atoms with van der Waals surface area (Å²) >= 11 is 0. The number of anilines is 1. The van der Waals surface area contributed by atoms with Gasteiger partial charge in [-0.2, -0.15) is 0 Å². The SMILES string of the molecule is CCn1c(C#CCNc2ccnc(C)c2)cc2c(CNC3CCOCC3)cccc21. The van der Waals surface area contributed by atoms with Crippen LogP contribution in [-0.2, 0) is 17.8 Å². The van der Waals surface area contributed by atoms with Gasteiger partial charge in [0.25, 0.3) is 0 Å². The molecular weight excluding hydrogens is 372 g/mol. The van der Waals surface area contributed by atoms with Crippen LogP contribution in [0.5, 0.6) is 0 Å². The summed E-state index contributed by atoms with van der Waals surface area (Å²) < 4.78 is 7.77. The average molecular weight is 403 g/mol. The van der Waals surface area contributed by atoms with Crippen LogP contribution < -0.4 is 10.6 Å². The number of hydrogen-bond acceptors (Lipinski definition) is 4. The Labute approximate surface area is 178 Å². The van der Waals surface area contributed by atoms with Gasteiger partial charge in [0.1, 0.15) is 0 Å². The average Bonchev–Trinajstić information content (AvgIpc) is 3.14. The van der Waals surface area contributed by atoms with Crippen LogP contribution in [0.25, 0.3) is 10.9 Å². The van der Waals surface area contributed by atoms with Crippen molar-refractivity contribution >= 4 is 16.6 Å². The van der Waals surface area contributed by atoms with Crippen molar-refractivity contribution in [3.63, 3.8) is 0 Å². The van der Waals surface area contributed by atoms with E-state index in [0.717, 1.165) is 56.2 Å². The van der Waals surface area contributed by atoms with Crippen molar-refractivity contribution in [3.8, 4) is 11.8 Å². The van der Waals surface area contributed by atoms with Crippen molar-refractivity contribution in [2.24, 2.45) is 0 Å². The number of hydrogen-bond donors (Lipinski definition) is 2. The van der Waals surface area contributed by atoms with Crippen molar-refractivity contribution in [2.45, 2.75) is 45.8 Å². The Hall–Kier alpha value is -2.81. The molecule has 3 heterocycles. The Balaban J connectivity index is 1.49. The van der Waals surface area contributed by atoms with Crippen LogP contribution in [-0.4, -0.2) is 35.4 Å². The zero-order valence-corrected chi connectivity index (χ0v) is 17.9. The van der Waals surface area contributed by atoms with E-state index in [1.165, 1.54) is 16.5 Å². The normalized spacial score (nSPS) is 14.5. The highest BCUT2D eigenvalue weighted by Gasteiger charge is 2.14. The second-order valence-electron chi connectivity index (χ2n) is 7.73. The van der Waals surface area contributed by atoms with Crippen LogP contribution in [0.1, 0.15) is 36.7 Å². The van der Waals surface area contributed by atoms with Crippen LogP contribution in [0.3, 0.4) is 0 Å². The van der Waals surface area contributed by atoms with Gasteiger partial charge in [-0.25, -0.2) is 0 Å². The fraction of sp³-hybridized carbons (Fsp3) is 0.400. The lowest BCUT2D eigenvalue weighted by molar-refractivity contribution is 0.0776. The van der Waals surface area contributed by atoms with Crippen LogP contribution in [0.4, 0.5) is 5.69 Å². The van der Waals surface area contributed by atoms with Gasteiger partial charge in [0.15, 0.2) is 0 Å². The van der Waals surface area contributed by atoms with E-state index in [2.05, 4.69) is 63.2 Å². The fourth-order valence-corrected chi connectivity index (χ4v) is 4.04. The molecule has 0 amide bonds. The molecule has 156 valence electrons. The van der Waals surface area contributed by atoms with E-state index in [4.69, 9.17) is 4.74 Å². The third kappa shape index (κ3) is 4.84. The maximum atomic E-state index is 5.47. The molecule has 3 aromatic rings. The highest BCUT2D eigenvalue weighted by molar-refractivity contribution is 5.85. The molecule has 0 saturated carbocycles.